The van der Waals surface area contributed by atoms with Gasteiger partial charge in [-0.1, -0.05) is 6.07 Å². The molecule has 1 aromatic rings. The number of halogens is 1. The number of hydrogen-bond acceptors (Lipinski definition) is 3. The lowest BCUT2D eigenvalue weighted by molar-refractivity contribution is -0.109. The van der Waals surface area contributed by atoms with Crippen molar-refractivity contribution in [3.8, 4) is 0 Å². The maximum atomic E-state index is 11.1. The Hall–Kier alpha value is -0.480. The minimum atomic E-state index is 0.161. The Labute approximate surface area is 82.9 Å². The average molecular weight is 244 g/mol. The second-order valence-corrected chi connectivity index (χ2v) is 4.37. The fraction of sp³-hybridized carbons (Fsp3) is 0.125. The lowest BCUT2D eigenvalue weighted by Crippen LogP contribution is -2.15. The van der Waals surface area contributed by atoms with Crippen LogP contribution in [0.4, 0.5) is 5.69 Å². The van der Waals surface area contributed by atoms with Gasteiger partial charge in [0.05, 0.1) is 11.4 Å². The molecular formula is C8H6BrNOS. The van der Waals surface area contributed by atoms with Gasteiger partial charge in [0.2, 0.25) is 5.12 Å². The summed E-state index contributed by atoms with van der Waals surface area (Å²) in [6, 6.07) is 5.86. The molecule has 0 unspecified atom stereocenters. The van der Waals surface area contributed by atoms with Crippen molar-refractivity contribution >= 4 is 38.5 Å². The van der Waals surface area contributed by atoms with Gasteiger partial charge < -0.3 is 5.32 Å². The molecule has 1 aromatic carbocycles. The van der Waals surface area contributed by atoms with E-state index in [4.69, 9.17) is 0 Å². The zero-order valence-electron chi connectivity index (χ0n) is 6.13. The van der Waals surface area contributed by atoms with Gasteiger partial charge in [-0.25, -0.2) is 0 Å². The van der Waals surface area contributed by atoms with Crippen LogP contribution in [0.5, 0.6) is 0 Å². The van der Waals surface area contributed by atoms with E-state index in [0.717, 1.165) is 15.1 Å². The van der Waals surface area contributed by atoms with Gasteiger partial charge in [-0.3, -0.25) is 4.79 Å². The number of fused-ring (bicyclic) bond motifs is 1. The molecule has 0 fully saturated rings. The van der Waals surface area contributed by atoms with Crippen LogP contribution in [0.2, 0.25) is 0 Å². The molecule has 0 saturated carbocycles. The monoisotopic (exact) mass is 243 g/mol. The highest BCUT2D eigenvalue weighted by Gasteiger charge is 2.17. The van der Waals surface area contributed by atoms with Gasteiger partial charge >= 0.3 is 0 Å². The lowest BCUT2D eigenvalue weighted by Gasteiger charge is -2.16. The zero-order chi connectivity index (χ0) is 8.55. The standard InChI is InChI=1S/C8H6BrNOS/c9-5-2-1-3-6-8(5)12-7(11)4-10-6/h1-3,10H,4H2. The van der Waals surface area contributed by atoms with Crippen LogP contribution in [0.3, 0.4) is 0 Å². The van der Waals surface area contributed by atoms with Gasteiger partial charge in [0.15, 0.2) is 0 Å². The van der Waals surface area contributed by atoms with Crippen molar-refractivity contribution in [2.45, 2.75) is 4.90 Å². The summed E-state index contributed by atoms with van der Waals surface area (Å²) in [6.45, 7) is 0.425. The predicted octanol–water partition coefficient (Wildman–Crippen LogP) is 2.49. The molecule has 1 aliphatic heterocycles. The fourth-order valence-corrected chi connectivity index (χ4v) is 2.47. The first kappa shape index (κ1) is 8.13. The Morgan fingerprint density at radius 1 is 1.50 bits per heavy atom. The highest BCUT2D eigenvalue weighted by Crippen LogP contribution is 2.37. The molecule has 0 spiro atoms. The van der Waals surface area contributed by atoms with Crippen LogP contribution in [-0.2, 0) is 4.79 Å². The lowest BCUT2D eigenvalue weighted by atomic mass is 10.3. The summed E-state index contributed by atoms with van der Waals surface area (Å²) in [6.07, 6.45) is 0. The van der Waals surface area contributed by atoms with Crippen LogP contribution in [-0.4, -0.2) is 11.7 Å². The number of benzene rings is 1. The molecule has 0 saturated heterocycles. The molecule has 0 amide bonds. The first-order chi connectivity index (χ1) is 5.77. The van der Waals surface area contributed by atoms with Gasteiger partial charge in [0.1, 0.15) is 0 Å². The van der Waals surface area contributed by atoms with Gasteiger partial charge in [0.25, 0.3) is 0 Å². The molecule has 0 aliphatic carbocycles. The highest BCUT2D eigenvalue weighted by molar-refractivity contribution is 9.10. The Balaban J connectivity index is 2.50. The number of rotatable bonds is 0. The van der Waals surface area contributed by atoms with Crippen molar-refractivity contribution in [2.24, 2.45) is 0 Å². The normalized spacial score (nSPS) is 15.2. The SMILES string of the molecule is O=C1CNc2cccc(Br)c2S1. The van der Waals surface area contributed by atoms with Gasteiger partial charge in [-0.05, 0) is 39.8 Å². The van der Waals surface area contributed by atoms with E-state index in [1.54, 1.807) is 0 Å². The van der Waals surface area contributed by atoms with Crippen molar-refractivity contribution in [3.63, 3.8) is 0 Å². The molecule has 12 heavy (non-hydrogen) atoms. The van der Waals surface area contributed by atoms with E-state index in [-0.39, 0.29) is 5.12 Å². The number of carbonyl (C=O) groups is 1. The molecule has 0 atom stereocenters. The van der Waals surface area contributed by atoms with Crippen molar-refractivity contribution in [3.05, 3.63) is 22.7 Å². The van der Waals surface area contributed by atoms with Gasteiger partial charge in [-0.2, -0.15) is 0 Å². The summed E-state index contributed by atoms with van der Waals surface area (Å²) in [5.74, 6) is 0. The van der Waals surface area contributed by atoms with Crippen LogP contribution < -0.4 is 5.32 Å². The summed E-state index contributed by atoms with van der Waals surface area (Å²) in [5.41, 5.74) is 1.04. The number of thioether (sulfide) groups is 1. The molecule has 2 nitrogen and oxygen atoms in total. The third-order valence-electron chi connectivity index (χ3n) is 1.61. The molecule has 1 heterocycles. The molecule has 1 N–H and O–H groups in total. The molecule has 62 valence electrons. The van der Waals surface area contributed by atoms with Crippen molar-refractivity contribution in [1.82, 2.24) is 0 Å². The van der Waals surface area contributed by atoms with Crippen LogP contribution in [0.25, 0.3) is 0 Å². The largest absolute Gasteiger partial charge is 0.376 e. The maximum Gasteiger partial charge on any atom is 0.212 e. The second-order valence-electron chi connectivity index (χ2n) is 2.44. The van der Waals surface area contributed by atoms with E-state index in [0.29, 0.717) is 6.54 Å². The number of nitrogens with one attached hydrogen (secondary N) is 1. The minimum absolute atomic E-state index is 0.161. The average Bonchev–Trinajstić information content (AvgIpc) is 2.07. The molecule has 0 bridgehead atoms. The van der Waals surface area contributed by atoms with Crippen LogP contribution in [0.1, 0.15) is 0 Å². The third kappa shape index (κ3) is 1.36. The van der Waals surface area contributed by atoms with Crippen LogP contribution in [0.15, 0.2) is 27.6 Å². The van der Waals surface area contributed by atoms with E-state index in [1.807, 2.05) is 18.2 Å². The van der Waals surface area contributed by atoms with Crippen molar-refractivity contribution in [2.75, 3.05) is 11.9 Å². The molecular weight excluding hydrogens is 238 g/mol. The number of hydrogen-bond donors (Lipinski definition) is 1. The van der Waals surface area contributed by atoms with E-state index < -0.39 is 0 Å². The Morgan fingerprint density at radius 3 is 3.17 bits per heavy atom. The predicted molar refractivity (Wildman–Crippen MR) is 53.5 cm³/mol. The van der Waals surface area contributed by atoms with Crippen LogP contribution in [0, 0.1) is 0 Å². The summed E-state index contributed by atoms with van der Waals surface area (Å²) in [4.78, 5) is 12.1. The van der Waals surface area contributed by atoms with E-state index in [2.05, 4.69) is 21.2 Å². The first-order valence-corrected chi connectivity index (χ1v) is 5.11. The quantitative estimate of drug-likeness (QED) is 0.760. The van der Waals surface area contributed by atoms with Gasteiger partial charge in [-0.15, -0.1) is 0 Å². The maximum absolute atomic E-state index is 11.1. The molecule has 0 radical (unpaired) electrons. The molecule has 2 rings (SSSR count). The topological polar surface area (TPSA) is 29.1 Å². The molecule has 4 heteroatoms. The summed E-state index contributed by atoms with van der Waals surface area (Å²) in [7, 11) is 0. The minimum Gasteiger partial charge on any atom is -0.376 e. The van der Waals surface area contributed by atoms with Gasteiger partial charge in [0, 0.05) is 10.2 Å². The first-order valence-electron chi connectivity index (χ1n) is 3.50. The Kier molecular flexibility index (Phi) is 2.11. The Morgan fingerprint density at radius 2 is 2.33 bits per heavy atom. The third-order valence-corrected chi connectivity index (χ3v) is 3.55. The van der Waals surface area contributed by atoms with Crippen LogP contribution >= 0.6 is 27.7 Å². The van der Waals surface area contributed by atoms with E-state index >= 15 is 0 Å². The Bertz CT molecular complexity index is 340. The summed E-state index contributed by atoms with van der Waals surface area (Å²) >= 11 is 4.69. The van der Waals surface area contributed by atoms with Crippen molar-refractivity contribution < 1.29 is 4.79 Å². The summed E-state index contributed by atoms with van der Waals surface area (Å²) < 4.78 is 0.977. The second kappa shape index (κ2) is 3.11. The number of anilines is 1. The fourth-order valence-electron chi connectivity index (χ4n) is 1.07. The zero-order valence-corrected chi connectivity index (χ0v) is 8.54. The highest BCUT2D eigenvalue weighted by atomic mass is 79.9. The van der Waals surface area contributed by atoms with Crippen molar-refractivity contribution in [1.29, 1.82) is 0 Å². The summed E-state index contributed by atoms with van der Waals surface area (Å²) in [5, 5.41) is 3.21. The number of carbonyl (C=O) groups excluding carboxylic acids is 1. The van der Waals surface area contributed by atoms with E-state index in [9.17, 15) is 4.79 Å². The van der Waals surface area contributed by atoms with E-state index in [1.165, 1.54) is 11.8 Å². The smallest absolute Gasteiger partial charge is 0.212 e. The molecule has 1 aliphatic rings. The molecule has 0 aromatic heterocycles.